The molecule has 4 rings (SSSR count). The molecule has 2 aromatic heterocycles. The number of benzene rings is 1. The Morgan fingerprint density at radius 2 is 2.00 bits per heavy atom. The summed E-state index contributed by atoms with van der Waals surface area (Å²) in [6.07, 6.45) is 4.19. The summed E-state index contributed by atoms with van der Waals surface area (Å²) in [5, 5.41) is 14.8. The van der Waals surface area contributed by atoms with E-state index in [2.05, 4.69) is 30.8 Å². The van der Waals surface area contributed by atoms with Crippen molar-refractivity contribution in [2.45, 2.75) is 36.9 Å². The lowest BCUT2D eigenvalue weighted by Gasteiger charge is -2.11. The van der Waals surface area contributed by atoms with Gasteiger partial charge in [-0.3, -0.25) is 10.1 Å². The van der Waals surface area contributed by atoms with E-state index < -0.39 is 6.03 Å². The van der Waals surface area contributed by atoms with Crippen LogP contribution >= 0.6 is 11.8 Å². The minimum Gasteiger partial charge on any atom is -0.338 e. The van der Waals surface area contributed by atoms with Gasteiger partial charge in [0.1, 0.15) is 5.52 Å². The number of aromatic nitrogens is 4. The Balaban J connectivity index is 1.35. The monoisotopic (exact) mass is 370 g/mol. The van der Waals surface area contributed by atoms with Crippen molar-refractivity contribution in [2.75, 3.05) is 5.75 Å². The highest BCUT2D eigenvalue weighted by molar-refractivity contribution is 7.99. The lowest BCUT2D eigenvalue weighted by Crippen LogP contribution is -2.44. The first-order chi connectivity index (χ1) is 12.7. The quantitative estimate of drug-likeness (QED) is 0.608. The Bertz CT molecular complexity index is 966. The molecule has 1 saturated carbocycles. The highest BCUT2D eigenvalue weighted by Crippen LogP contribution is 2.23. The summed E-state index contributed by atoms with van der Waals surface area (Å²) < 4.78 is 0. The molecule has 8 nitrogen and oxygen atoms in total. The normalized spacial score (nSPS) is 14.8. The second-order valence-corrected chi connectivity index (χ2v) is 7.20. The average Bonchev–Trinajstić information content (AvgIpc) is 3.26. The van der Waals surface area contributed by atoms with Gasteiger partial charge in [0.05, 0.1) is 5.75 Å². The van der Waals surface area contributed by atoms with Crippen molar-refractivity contribution in [1.29, 1.82) is 0 Å². The summed E-state index contributed by atoms with van der Waals surface area (Å²) in [5.74, 6) is -0.336. The molecule has 0 bridgehead atoms. The van der Waals surface area contributed by atoms with Crippen molar-refractivity contribution in [3.8, 4) is 0 Å². The summed E-state index contributed by atoms with van der Waals surface area (Å²) in [5.41, 5.74) is 2.27. The molecule has 9 heteroatoms. The first-order valence-corrected chi connectivity index (χ1v) is 9.52. The first kappa shape index (κ1) is 16.8. The Morgan fingerprint density at radius 3 is 2.85 bits per heavy atom. The van der Waals surface area contributed by atoms with Gasteiger partial charge in [-0.25, -0.2) is 9.78 Å². The Hall–Kier alpha value is -2.68. The van der Waals surface area contributed by atoms with Crippen molar-refractivity contribution in [2.24, 2.45) is 0 Å². The standard InChI is InChI=1S/C17H18N6O2S/c24-13(20-16(25)18-10-5-1-2-6-10)9-26-17-21-15-14(22-23-17)11-7-3-4-8-12(11)19-15/h3-4,7-8,10H,1-2,5-6,9H2,(H,19,21,23)(H2,18,20,24,25). The number of carbonyl (C=O) groups excluding carboxylic acids is 2. The van der Waals surface area contributed by atoms with Crippen LogP contribution in [-0.2, 0) is 4.79 Å². The number of hydrogen-bond acceptors (Lipinski definition) is 6. The van der Waals surface area contributed by atoms with Crippen molar-refractivity contribution in [1.82, 2.24) is 30.8 Å². The molecule has 0 saturated heterocycles. The van der Waals surface area contributed by atoms with E-state index in [1.54, 1.807) is 0 Å². The summed E-state index contributed by atoms with van der Waals surface area (Å²) in [6, 6.07) is 7.50. The maximum absolute atomic E-state index is 11.9. The van der Waals surface area contributed by atoms with Crippen LogP contribution in [0.2, 0.25) is 0 Å². The molecule has 0 aliphatic heterocycles. The van der Waals surface area contributed by atoms with E-state index in [0.29, 0.717) is 16.3 Å². The van der Waals surface area contributed by atoms with Crippen molar-refractivity contribution in [3.63, 3.8) is 0 Å². The van der Waals surface area contributed by atoms with E-state index in [1.807, 2.05) is 24.3 Å². The van der Waals surface area contributed by atoms with Gasteiger partial charge in [0.2, 0.25) is 11.1 Å². The summed E-state index contributed by atoms with van der Waals surface area (Å²) in [7, 11) is 0. The summed E-state index contributed by atoms with van der Waals surface area (Å²) in [6.45, 7) is 0. The van der Waals surface area contributed by atoms with Crippen LogP contribution in [-0.4, -0.2) is 43.9 Å². The number of para-hydroxylation sites is 1. The van der Waals surface area contributed by atoms with E-state index in [4.69, 9.17) is 0 Å². The van der Waals surface area contributed by atoms with Gasteiger partial charge in [0.25, 0.3) is 0 Å². The van der Waals surface area contributed by atoms with Gasteiger partial charge in [-0.05, 0) is 18.9 Å². The molecule has 134 valence electrons. The van der Waals surface area contributed by atoms with Gasteiger partial charge in [0.15, 0.2) is 5.65 Å². The Kier molecular flexibility index (Phi) is 4.70. The molecule has 3 aromatic rings. The molecular weight excluding hydrogens is 352 g/mol. The molecule has 1 fully saturated rings. The SMILES string of the molecule is O=C(CSc1nnc2c(n1)[nH]c1ccccc12)NC(=O)NC1CCCC1. The number of fused-ring (bicyclic) bond motifs is 3. The maximum atomic E-state index is 11.9. The Morgan fingerprint density at radius 1 is 1.19 bits per heavy atom. The molecular formula is C17H18N6O2S. The van der Waals surface area contributed by atoms with Crippen LogP contribution < -0.4 is 10.6 Å². The molecule has 1 aromatic carbocycles. The van der Waals surface area contributed by atoms with Crippen molar-refractivity contribution in [3.05, 3.63) is 24.3 Å². The smallest absolute Gasteiger partial charge is 0.321 e. The second kappa shape index (κ2) is 7.28. The number of rotatable bonds is 4. The molecule has 3 amide bonds. The van der Waals surface area contributed by atoms with Gasteiger partial charge >= 0.3 is 6.03 Å². The topological polar surface area (TPSA) is 113 Å². The van der Waals surface area contributed by atoms with Crippen LogP contribution in [0.4, 0.5) is 4.79 Å². The number of nitrogens with zero attached hydrogens (tertiary/aromatic N) is 3. The third kappa shape index (κ3) is 3.62. The highest BCUT2D eigenvalue weighted by atomic mass is 32.2. The molecule has 0 radical (unpaired) electrons. The number of hydrogen-bond donors (Lipinski definition) is 3. The van der Waals surface area contributed by atoms with Crippen LogP contribution in [0.5, 0.6) is 0 Å². The number of aromatic amines is 1. The molecule has 0 spiro atoms. The van der Waals surface area contributed by atoms with Crippen LogP contribution in [0.1, 0.15) is 25.7 Å². The number of amides is 3. The molecule has 26 heavy (non-hydrogen) atoms. The lowest BCUT2D eigenvalue weighted by molar-refractivity contribution is -0.117. The van der Waals surface area contributed by atoms with Crippen molar-refractivity contribution >= 4 is 45.8 Å². The zero-order chi connectivity index (χ0) is 17.9. The number of thioether (sulfide) groups is 1. The minimum absolute atomic E-state index is 0.0471. The third-order valence-electron chi connectivity index (χ3n) is 4.38. The number of carbonyl (C=O) groups is 2. The van der Waals surface area contributed by atoms with Gasteiger partial charge in [-0.15, -0.1) is 10.2 Å². The largest absolute Gasteiger partial charge is 0.338 e. The molecule has 0 atom stereocenters. The molecule has 0 unspecified atom stereocenters. The van der Waals surface area contributed by atoms with Gasteiger partial charge in [-0.2, -0.15) is 0 Å². The first-order valence-electron chi connectivity index (χ1n) is 8.53. The van der Waals surface area contributed by atoms with Gasteiger partial charge in [0, 0.05) is 16.9 Å². The van der Waals surface area contributed by atoms with Gasteiger partial charge in [-0.1, -0.05) is 42.8 Å². The third-order valence-corrected chi connectivity index (χ3v) is 5.22. The fourth-order valence-electron chi connectivity index (χ4n) is 3.15. The molecule has 1 aliphatic carbocycles. The van der Waals surface area contributed by atoms with Crippen LogP contribution in [0.25, 0.3) is 22.1 Å². The number of urea groups is 1. The zero-order valence-corrected chi connectivity index (χ0v) is 14.8. The Labute approximate surface area is 153 Å². The second-order valence-electron chi connectivity index (χ2n) is 6.25. The van der Waals surface area contributed by atoms with Crippen LogP contribution in [0.3, 0.4) is 0 Å². The van der Waals surface area contributed by atoms with Crippen LogP contribution in [0.15, 0.2) is 29.4 Å². The molecule has 2 heterocycles. The van der Waals surface area contributed by atoms with Crippen LogP contribution in [0, 0.1) is 0 Å². The lowest BCUT2D eigenvalue weighted by atomic mass is 10.2. The van der Waals surface area contributed by atoms with E-state index >= 15 is 0 Å². The predicted molar refractivity (Wildman–Crippen MR) is 98.8 cm³/mol. The zero-order valence-electron chi connectivity index (χ0n) is 14.0. The predicted octanol–water partition coefficient (Wildman–Crippen LogP) is 2.37. The van der Waals surface area contributed by atoms with E-state index in [-0.39, 0.29) is 17.7 Å². The number of nitrogens with one attached hydrogen (secondary N) is 3. The fourth-order valence-corrected chi connectivity index (χ4v) is 3.74. The number of H-pyrrole nitrogens is 1. The highest BCUT2D eigenvalue weighted by Gasteiger charge is 2.18. The minimum atomic E-state index is -0.437. The maximum Gasteiger partial charge on any atom is 0.321 e. The van der Waals surface area contributed by atoms with E-state index in [9.17, 15) is 9.59 Å². The average molecular weight is 370 g/mol. The molecule has 1 aliphatic rings. The van der Waals surface area contributed by atoms with E-state index in [0.717, 1.165) is 48.3 Å². The fraction of sp³-hybridized carbons (Fsp3) is 0.353. The summed E-state index contributed by atoms with van der Waals surface area (Å²) in [4.78, 5) is 31.3. The summed E-state index contributed by atoms with van der Waals surface area (Å²) >= 11 is 1.14. The molecule has 3 N–H and O–H groups in total. The van der Waals surface area contributed by atoms with Gasteiger partial charge < -0.3 is 10.3 Å². The van der Waals surface area contributed by atoms with E-state index in [1.165, 1.54) is 0 Å². The number of imide groups is 1. The van der Waals surface area contributed by atoms with Crippen molar-refractivity contribution < 1.29 is 9.59 Å².